The Morgan fingerprint density at radius 2 is 1.74 bits per heavy atom. The van der Waals surface area contributed by atoms with E-state index in [4.69, 9.17) is 0 Å². The molecule has 4 rings (SSSR count). The molecule has 3 heterocycles. The summed E-state index contributed by atoms with van der Waals surface area (Å²) in [5.74, 6) is -0.0757. The number of aromatic nitrogens is 3. The number of aromatic amines is 1. The van der Waals surface area contributed by atoms with E-state index in [2.05, 4.69) is 15.0 Å². The van der Waals surface area contributed by atoms with Crippen LogP contribution in [0.3, 0.4) is 0 Å². The van der Waals surface area contributed by atoms with E-state index in [0.717, 1.165) is 18.5 Å². The number of pyridine rings is 1. The molecule has 0 unspecified atom stereocenters. The first kappa shape index (κ1) is 25.0. The largest absolute Gasteiger partial charge is 0.421 e. The molecular weight excluding hydrogens is 480 g/mol. The second kappa shape index (κ2) is 9.15. The van der Waals surface area contributed by atoms with Gasteiger partial charge in [-0.1, -0.05) is 0 Å². The lowest BCUT2D eigenvalue weighted by atomic mass is 9.71. The van der Waals surface area contributed by atoms with E-state index in [0.29, 0.717) is 44.5 Å². The predicted octanol–water partition coefficient (Wildman–Crippen LogP) is 3.51. The van der Waals surface area contributed by atoms with Crippen molar-refractivity contribution in [3.05, 3.63) is 51.7 Å². The zero-order valence-electron chi connectivity index (χ0n) is 18.7. The molecule has 1 N–H and O–H groups in total. The maximum absolute atomic E-state index is 13.0. The van der Waals surface area contributed by atoms with Gasteiger partial charge in [0, 0.05) is 50.2 Å². The summed E-state index contributed by atoms with van der Waals surface area (Å²) in [6.07, 6.45) is -5.10. The number of rotatable bonds is 4. The summed E-state index contributed by atoms with van der Waals surface area (Å²) in [7, 11) is 0. The molecule has 2 fully saturated rings. The first-order valence-corrected chi connectivity index (χ1v) is 11.1. The summed E-state index contributed by atoms with van der Waals surface area (Å²) in [4.78, 5) is 37.6. The van der Waals surface area contributed by atoms with Crippen LogP contribution in [0.15, 0.2) is 29.5 Å². The number of carbonyl (C=O) groups is 1. The van der Waals surface area contributed by atoms with E-state index in [-0.39, 0.29) is 29.7 Å². The van der Waals surface area contributed by atoms with E-state index in [1.165, 1.54) is 6.20 Å². The lowest BCUT2D eigenvalue weighted by Gasteiger charge is -2.44. The molecule has 1 aliphatic heterocycles. The normalized spacial score (nSPS) is 23.2. The monoisotopic (exact) mass is 503 g/mol. The molecule has 2 aromatic heterocycles. The van der Waals surface area contributed by atoms with E-state index in [1.54, 1.807) is 9.80 Å². The van der Waals surface area contributed by atoms with Crippen molar-refractivity contribution in [1.29, 1.82) is 0 Å². The summed E-state index contributed by atoms with van der Waals surface area (Å²) >= 11 is 0. The Morgan fingerprint density at radius 3 is 2.31 bits per heavy atom. The second-order valence-electron chi connectivity index (χ2n) is 9.08. The zero-order valence-corrected chi connectivity index (χ0v) is 18.7. The van der Waals surface area contributed by atoms with Crippen molar-refractivity contribution in [3.8, 4) is 0 Å². The number of H-pyrrole nitrogens is 1. The zero-order chi connectivity index (χ0) is 25.5. The molecule has 1 aliphatic carbocycles. The number of carbonyl (C=O) groups excluding carboxylic acids is 1. The molecule has 0 spiro atoms. The summed E-state index contributed by atoms with van der Waals surface area (Å²) in [5, 5.41) is 0. The summed E-state index contributed by atoms with van der Waals surface area (Å²) in [6.45, 7) is 2.93. The van der Waals surface area contributed by atoms with Crippen molar-refractivity contribution in [2.75, 3.05) is 24.5 Å². The topological polar surface area (TPSA) is 82.2 Å². The molecule has 190 valence electrons. The third kappa shape index (κ3) is 5.43. The van der Waals surface area contributed by atoms with Crippen molar-refractivity contribution in [1.82, 2.24) is 19.9 Å². The van der Waals surface area contributed by atoms with Crippen molar-refractivity contribution < 1.29 is 31.1 Å². The van der Waals surface area contributed by atoms with Gasteiger partial charge in [-0.05, 0) is 43.7 Å². The maximum Gasteiger partial charge on any atom is 0.421 e. The van der Waals surface area contributed by atoms with E-state index in [1.807, 2.05) is 6.92 Å². The molecule has 0 radical (unpaired) electrons. The number of hydrogen-bond donors (Lipinski definition) is 1. The Bertz CT molecular complexity index is 1120. The summed E-state index contributed by atoms with van der Waals surface area (Å²) < 4.78 is 77.0. The highest BCUT2D eigenvalue weighted by molar-refractivity contribution is 5.80. The average Bonchev–Trinajstić information content (AvgIpc) is 2.75. The number of hydrogen-bond acceptors (Lipinski definition) is 5. The Labute approximate surface area is 196 Å². The smallest absolute Gasteiger partial charge is 0.337 e. The van der Waals surface area contributed by atoms with Crippen LogP contribution in [0.4, 0.5) is 32.3 Å². The van der Waals surface area contributed by atoms with Crippen LogP contribution in [0.5, 0.6) is 0 Å². The quantitative estimate of drug-likeness (QED) is 0.646. The third-order valence-electron chi connectivity index (χ3n) is 6.54. The Balaban J connectivity index is 1.30. The number of piperazine rings is 1. The van der Waals surface area contributed by atoms with Crippen LogP contribution >= 0.6 is 0 Å². The van der Waals surface area contributed by atoms with Gasteiger partial charge in [-0.2, -0.15) is 26.3 Å². The van der Waals surface area contributed by atoms with Crippen molar-refractivity contribution in [2.45, 2.75) is 44.6 Å². The lowest BCUT2D eigenvalue weighted by Crippen LogP contribution is -2.57. The fourth-order valence-corrected chi connectivity index (χ4v) is 4.63. The Kier molecular flexibility index (Phi) is 6.54. The van der Waals surface area contributed by atoms with Gasteiger partial charge in [-0.15, -0.1) is 0 Å². The van der Waals surface area contributed by atoms with Gasteiger partial charge in [-0.3, -0.25) is 9.59 Å². The van der Waals surface area contributed by atoms with Crippen LogP contribution in [0.1, 0.15) is 36.5 Å². The molecule has 35 heavy (non-hydrogen) atoms. The lowest BCUT2D eigenvalue weighted by molar-refractivity contribution is -0.142. The molecule has 1 atom stereocenters. The van der Waals surface area contributed by atoms with E-state index >= 15 is 0 Å². The van der Waals surface area contributed by atoms with Gasteiger partial charge >= 0.3 is 12.4 Å². The first-order valence-electron chi connectivity index (χ1n) is 11.1. The molecule has 13 heteroatoms. The van der Waals surface area contributed by atoms with Crippen LogP contribution in [0.2, 0.25) is 0 Å². The molecule has 0 bridgehead atoms. The minimum Gasteiger partial charge on any atom is -0.337 e. The number of alkyl halides is 6. The van der Waals surface area contributed by atoms with Crippen molar-refractivity contribution in [3.63, 3.8) is 0 Å². The van der Waals surface area contributed by atoms with Gasteiger partial charge in [-0.25, -0.2) is 9.97 Å². The van der Waals surface area contributed by atoms with Crippen LogP contribution < -0.4 is 10.5 Å². The summed E-state index contributed by atoms with van der Waals surface area (Å²) in [5.41, 5.74) is -2.98. The van der Waals surface area contributed by atoms with Gasteiger partial charge in [0.05, 0.1) is 5.56 Å². The highest BCUT2D eigenvalue weighted by atomic mass is 19.4. The third-order valence-corrected chi connectivity index (χ3v) is 6.54. The number of nitrogens with zero attached hydrogens (tertiary/aromatic N) is 4. The molecule has 2 aromatic rings. The van der Waals surface area contributed by atoms with Crippen LogP contribution in [0, 0.1) is 11.8 Å². The van der Waals surface area contributed by atoms with Gasteiger partial charge in [0.2, 0.25) is 11.9 Å². The van der Waals surface area contributed by atoms with Gasteiger partial charge in [0.25, 0.3) is 5.56 Å². The molecule has 7 nitrogen and oxygen atoms in total. The Morgan fingerprint density at radius 1 is 1.09 bits per heavy atom. The number of anilines is 1. The SMILES string of the molecule is C[C@H]1CN(c2ncc(C(F)(F)F)cn2)CCN1C(=O)C1CC(Cc2c[nH]c(=O)c(C(F)(F)F)c2)C1. The number of nitrogens with one attached hydrogen (secondary N) is 1. The van der Waals surface area contributed by atoms with Crippen LogP contribution in [0.25, 0.3) is 0 Å². The molecule has 1 amide bonds. The molecule has 1 saturated heterocycles. The minimum absolute atomic E-state index is 0.0353. The Hall–Kier alpha value is -3.12. The molecule has 0 aromatic carbocycles. The van der Waals surface area contributed by atoms with Gasteiger partial charge < -0.3 is 14.8 Å². The number of halogens is 6. The van der Waals surface area contributed by atoms with Gasteiger partial charge in [0.1, 0.15) is 5.56 Å². The van der Waals surface area contributed by atoms with E-state index in [9.17, 15) is 35.9 Å². The molecule has 1 saturated carbocycles. The second-order valence-corrected chi connectivity index (χ2v) is 9.08. The number of amides is 1. The predicted molar refractivity (Wildman–Crippen MR) is 112 cm³/mol. The maximum atomic E-state index is 13.0. The van der Waals surface area contributed by atoms with Crippen molar-refractivity contribution in [2.24, 2.45) is 11.8 Å². The fourth-order valence-electron chi connectivity index (χ4n) is 4.63. The molecular formula is C22H23F6N5O2. The van der Waals surface area contributed by atoms with Gasteiger partial charge in [0.15, 0.2) is 0 Å². The minimum atomic E-state index is -4.73. The average molecular weight is 503 g/mol. The fraction of sp³-hybridized carbons (Fsp3) is 0.545. The molecule has 2 aliphatic rings. The van der Waals surface area contributed by atoms with Crippen LogP contribution in [-0.4, -0.2) is 51.4 Å². The van der Waals surface area contributed by atoms with Crippen LogP contribution in [-0.2, 0) is 23.6 Å². The summed E-state index contributed by atoms with van der Waals surface area (Å²) in [6, 6.07) is 0.647. The highest BCUT2D eigenvalue weighted by Crippen LogP contribution is 2.38. The van der Waals surface area contributed by atoms with Crippen molar-refractivity contribution >= 4 is 11.9 Å². The van der Waals surface area contributed by atoms with E-state index < -0.39 is 29.0 Å². The standard InChI is InChI=1S/C22H23F6N5O2/c1-12-11-32(20-30-9-16(10-31-20)21(23,24)25)2-3-33(12)19(35)15-5-13(6-15)4-14-7-17(22(26,27)28)18(34)29-8-14/h7-10,12-13,15H,2-6,11H2,1H3,(H,29,34)/t12-,13?,15?/m0/s1. The highest BCUT2D eigenvalue weighted by Gasteiger charge is 2.40. The first-order chi connectivity index (χ1) is 16.3.